The van der Waals surface area contributed by atoms with Gasteiger partial charge in [-0.25, -0.2) is 13.6 Å². The third-order valence-corrected chi connectivity index (χ3v) is 1.95. The molecule has 0 saturated heterocycles. The Balaban J connectivity index is 4.29. The van der Waals surface area contributed by atoms with Crippen LogP contribution in [0.4, 0.5) is 0 Å². The number of hydrogen-bond acceptors (Lipinski definition) is 5. The molecular formula is C7H16N2O4S. The molecule has 0 amide bonds. The fourth-order valence-corrected chi connectivity index (χ4v) is 1.33. The van der Waals surface area contributed by atoms with Crippen LogP contribution in [0.2, 0.25) is 0 Å². The normalized spacial score (nSPS) is 14.9. The second-order valence-electron chi connectivity index (χ2n) is 3.97. The Hall–Kier alpha value is -0.660. The topological polar surface area (TPSA) is 112 Å². The van der Waals surface area contributed by atoms with Gasteiger partial charge in [-0.3, -0.25) is 4.79 Å². The average molecular weight is 224 g/mol. The first-order chi connectivity index (χ1) is 6.01. The van der Waals surface area contributed by atoms with Crippen LogP contribution in [0.25, 0.3) is 0 Å². The smallest absolute Gasteiger partial charge is 0.324 e. The maximum Gasteiger partial charge on any atom is 0.324 e. The molecule has 0 aromatic heterocycles. The van der Waals surface area contributed by atoms with Gasteiger partial charge in [-0.15, -0.1) is 0 Å². The van der Waals surface area contributed by atoms with E-state index in [0.29, 0.717) is 0 Å². The van der Waals surface area contributed by atoms with Gasteiger partial charge in [-0.2, -0.15) is 0 Å². The molecule has 0 rings (SSSR count). The van der Waals surface area contributed by atoms with Gasteiger partial charge in [-0.1, -0.05) is 0 Å². The minimum absolute atomic E-state index is 0.609. The molecule has 1 atom stereocenters. The lowest BCUT2D eigenvalue weighted by atomic mass is 10.2. The predicted molar refractivity (Wildman–Crippen MR) is 51.8 cm³/mol. The van der Waals surface area contributed by atoms with Gasteiger partial charge in [0.05, 0.1) is 5.75 Å². The fourth-order valence-electron chi connectivity index (χ4n) is 0.696. The van der Waals surface area contributed by atoms with Crippen molar-refractivity contribution in [1.82, 2.24) is 0 Å². The zero-order chi connectivity index (χ0) is 11.6. The molecule has 0 saturated carbocycles. The molecule has 0 aromatic rings. The molecule has 84 valence electrons. The molecule has 14 heavy (non-hydrogen) atoms. The van der Waals surface area contributed by atoms with Crippen molar-refractivity contribution in [2.24, 2.45) is 10.9 Å². The van der Waals surface area contributed by atoms with Gasteiger partial charge in [0.15, 0.2) is 0 Å². The summed E-state index contributed by atoms with van der Waals surface area (Å²) in [5.41, 5.74) is 4.59. The van der Waals surface area contributed by atoms with E-state index in [2.05, 4.69) is 0 Å². The van der Waals surface area contributed by atoms with Crippen LogP contribution in [0, 0.1) is 0 Å². The van der Waals surface area contributed by atoms with Crippen molar-refractivity contribution in [3.63, 3.8) is 0 Å². The summed E-state index contributed by atoms with van der Waals surface area (Å²) in [6.45, 7) is 4.98. The molecule has 0 unspecified atom stereocenters. The van der Waals surface area contributed by atoms with E-state index in [-0.39, 0.29) is 0 Å². The summed E-state index contributed by atoms with van der Waals surface area (Å²) in [4.78, 5) is 11.2. The van der Waals surface area contributed by atoms with Crippen molar-refractivity contribution in [2.75, 3.05) is 5.75 Å². The highest BCUT2D eigenvalue weighted by Crippen LogP contribution is 2.08. The highest BCUT2D eigenvalue weighted by molar-refractivity contribution is 7.89. The summed E-state index contributed by atoms with van der Waals surface area (Å²) >= 11 is 0. The number of nitrogens with two attached hydrogens (primary N) is 2. The van der Waals surface area contributed by atoms with Crippen molar-refractivity contribution < 1.29 is 17.9 Å². The maximum atomic E-state index is 11.2. The SMILES string of the molecule is CC(C)(C)OC(=O)[C@H](N)CS(N)(=O)=O. The Morgan fingerprint density at radius 3 is 2.14 bits per heavy atom. The van der Waals surface area contributed by atoms with Crippen molar-refractivity contribution >= 4 is 16.0 Å². The highest BCUT2D eigenvalue weighted by atomic mass is 32.2. The van der Waals surface area contributed by atoms with Gasteiger partial charge in [0, 0.05) is 0 Å². The molecule has 0 bridgehead atoms. The fraction of sp³-hybridized carbons (Fsp3) is 0.857. The molecule has 0 aliphatic heterocycles. The van der Waals surface area contributed by atoms with Crippen LogP contribution < -0.4 is 10.9 Å². The lowest BCUT2D eigenvalue weighted by Gasteiger charge is -2.21. The summed E-state index contributed by atoms with van der Waals surface area (Å²) in [6, 6.07) is -1.23. The molecule has 4 N–H and O–H groups in total. The van der Waals surface area contributed by atoms with Crippen molar-refractivity contribution in [1.29, 1.82) is 0 Å². The Morgan fingerprint density at radius 1 is 1.43 bits per heavy atom. The summed E-state index contributed by atoms with van der Waals surface area (Å²) < 4.78 is 26.1. The van der Waals surface area contributed by atoms with Crippen LogP contribution >= 0.6 is 0 Å². The second-order valence-corrected chi connectivity index (χ2v) is 5.63. The van der Waals surface area contributed by atoms with Crippen LogP contribution in [0.1, 0.15) is 20.8 Å². The van der Waals surface area contributed by atoms with E-state index in [0.717, 1.165) is 0 Å². The van der Waals surface area contributed by atoms with E-state index in [1.807, 2.05) is 0 Å². The van der Waals surface area contributed by atoms with Gasteiger partial charge >= 0.3 is 5.97 Å². The molecule has 0 radical (unpaired) electrons. The minimum Gasteiger partial charge on any atom is -0.459 e. The number of sulfonamides is 1. The molecule has 0 aliphatic rings. The predicted octanol–water partition coefficient (Wildman–Crippen LogP) is -1.06. The number of hydrogen-bond donors (Lipinski definition) is 2. The van der Waals surface area contributed by atoms with E-state index in [1.54, 1.807) is 20.8 Å². The Kier molecular flexibility index (Phi) is 4.04. The molecule has 0 heterocycles. The van der Waals surface area contributed by atoms with E-state index in [4.69, 9.17) is 15.6 Å². The van der Waals surface area contributed by atoms with Crippen molar-refractivity contribution in [3.05, 3.63) is 0 Å². The zero-order valence-electron chi connectivity index (χ0n) is 8.48. The summed E-state index contributed by atoms with van der Waals surface area (Å²) in [7, 11) is -3.75. The summed E-state index contributed by atoms with van der Waals surface area (Å²) in [5.74, 6) is -1.38. The third kappa shape index (κ3) is 6.81. The first-order valence-corrected chi connectivity index (χ1v) is 5.72. The third-order valence-electron chi connectivity index (χ3n) is 1.12. The van der Waals surface area contributed by atoms with Crippen LogP contribution in [0.15, 0.2) is 0 Å². The second kappa shape index (κ2) is 4.24. The van der Waals surface area contributed by atoms with Crippen LogP contribution in [-0.2, 0) is 19.6 Å². The van der Waals surface area contributed by atoms with Gasteiger partial charge in [0.2, 0.25) is 10.0 Å². The molecule has 0 fully saturated rings. The molecular weight excluding hydrogens is 208 g/mol. The van der Waals surface area contributed by atoms with E-state index >= 15 is 0 Å². The lowest BCUT2D eigenvalue weighted by Crippen LogP contribution is -2.43. The van der Waals surface area contributed by atoms with Gasteiger partial charge in [0.1, 0.15) is 11.6 Å². The Bertz CT molecular complexity index is 304. The quantitative estimate of drug-likeness (QED) is 0.593. The molecule has 0 spiro atoms. The van der Waals surface area contributed by atoms with Crippen molar-refractivity contribution in [3.8, 4) is 0 Å². The highest BCUT2D eigenvalue weighted by Gasteiger charge is 2.25. The summed E-state index contributed by atoms with van der Waals surface area (Å²) in [5, 5.41) is 4.72. The number of ether oxygens (including phenoxy) is 1. The first kappa shape index (κ1) is 13.3. The average Bonchev–Trinajstić information content (AvgIpc) is 1.78. The van der Waals surface area contributed by atoms with Crippen LogP contribution in [0.5, 0.6) is 0 Å². The zero-order valence-corrected chi connectivity index (χ0v) is 9.30. The Morgan fingerprint density at radius 2 is 1.86 bits per heavy atom. The first-order valence-electron chi connectivity index (χ1n) is 4.00. The van der Waals surface area contributed by atoms with Gasteiger partial charge in [-0.05, 0) is 20.8 Å². The number of rotatable bonds is 3. The van der Waals surface area contributed by atoms with Crippen molar-refractivity contribution in [2.45, 2.75) is 32.4 Å². The maximum absolute atomic E-state index is 11.2. The van der Waals surface area contributed by atoms with Crippen LogP contribution in [-0.4, -0.2) is 31.8 Å². The number of esters is 1. The number of carbonyl (C=O) groups excluding carboxylic acids is 1. The molecule has 6 nitrogen and oxygen atoms in total. The lowest BCUT2D eigenvalue weighted by molar-refractivity contribution is -0.155. The largest absolute Gasteiger partial charge is 0.459 e. The van der Waals surface area contributed by atoms with E-state index < -0.39 is 33.4 Å². The number of primary sulfonamides is 1. The Labute approximate surface area is 83.6 Å². The monoisotopic (exact) mass is 224 g/mol. The van der Waals surface area contributed by atoms with E-state index in [9.17, 15) is 13.2 Å². The molecule has 0 aromatic carbocycles. The summed E-state index contributed by atoms with van der Waals surface area (Å²) in [6.07, 6.45) is 0. The molecule has 0 aliphatic carbocycles. The van der Waals surface area contributed by atoms with Gasteiger partial charge < -0.3 is 10.5 Å². The standard InChI is InChI=1S/C7H16N2O4S/c1-7(2,3)13-6(10)5(8)4-14(9,11)12/h5H,4,8H2,1-3H3,(H2,9,11,12)/t5-/m1/s1. The van der Waals surface area contributed by atoms with Gasteiger partial charge in [0.25, 0.3) is 0 Å². The minimum atomic E-state index is -3.75. The van der Waals surface area contributed by atoms with Crippen LogP contribution in [0.3, 0.4) is 0 Å². The van der Waals surface area contributed by atoms with E-state index in [1.165, 1.54) is 0 Å². The number of carbonyl (C=O) groups is 1. The molecule has 7 heteroatoms.